The summed E-state index contributed by atoms with van der Waals surface area (Å²) in [6, 6.07) is 19.5. The van der Waals surface area contributed by atoms with Crippen molar-refractivity contribution in [1.82, 2.24) is 10.6 Å². The van der Waals surface area contributed by atoms with Gasteiger partial charge in [-0.25, -0.2) is 8.78 Å². The quantitative estimate of drug-likeness (QED) is 0.687. The van der Waals surface area contributed by atoms with Gasteiger partial charge in [-0.2, -0.15) is 0 Å². The number of benzene rings is 3. The predicted octanol–water partition coefficient (Wildman–Crippen LogP) is 3.60. The molecule has 0 aliphatic heterocycles. The highest BCUT2D eigenvalue weighted by atomic mass is 19.1. The van der Waals surface area contributed by atoms with E-state index in [9.17, 15) is 18.4 Å². The largest absolute Gasteiger partial charge is 0.344 e. The minimum absolute atomic E-state index is 0.239. The summed E-state index contributed by atoms with van der Waals surface area (Å²) in [5.74, 6) is -1.87. The lowest BCUT2D eigenvalue weighted by atomic mass is 9.98. The highest BCUT2D eigenvalue weighted by Crippen LogP contribution is 2.24. The molecular formula is C22H18F2N2O2. The van der Waals surface area contributed by atoms with Gasteiger partial charge < -0.3 is 10.6 Å². The van der Waals surface area contributed by atoms with Gasteiger partial charge in [0.25, 0.3) is 5.91 Å². The van der Waals surface area contributed by atoms with Gasteiger partial charge in [0, 0.05) is 11.1 Å². The molecule has 0 aliphatic rings. The van der Waals surface area contributed by atoms with E-state index in [2.05, 4.69) is 10.6 Å². The molecule has 6 heteroatoms. The van der Waals surface area contributed by atoms with Crippen LogP contribution >= 0.6 is 0 Å². The highest BCUT2D eigenvalue weighted by molar-refractivity contribution is 5.96. The van der Waals surface area contributed by atoms with Crippen molar-refractivity contribution >= 4 is 11.8 Å². The molecule has 2 amide bonds. The van der Waals surface area contributed by atoms with Gasteiger partial charge in [0.15, 0.2) is 0 Å². The fraction of sp³-hybridized carbons (Fsp3) is 0.0909. The van der Waals surface area contributed by atoms with Gasteiger partial charge in [0.2, 0.25) is 5.91 Å². The Bertz CT molecular complexity index is 960. The molecule has 0 aromatic heterocycles. The lowest BCUT2D eigenvalue weighted by Gasteiger charge is -2.20. The number of hydrogen-bond acceptors (Lipinski definition) is 2. The second-order valence-corrected chi connectivity index (χ2v) is 6.12. The summed E-state index contributed by atoms with van der Waals surface area (Å²) in [5.41, 5.74) is 1.28. The first-order chi connectivity index (χ1) is 13.5. The third kappa shape index (κ3) is 4.79. The van der Waals surface area contributed by atoms with Gasteiger partial charge >= 0.3 is 0 Å². The zero-order valence-electron chi connectivity index (χ0n) is 14.9. The zero-order valence-corrected chi connectivity index (χ0v) is 14.9. The lowest BCUT2D eigenvalue weighted by molar-refractivity contribution is -0.120. The molecule has 0 saturated heterocycles. The van der Waals surface area contributed by atoms with Gasteiger partial charge in [0.1, 0.15) is 11.6 Å². The van der Waals surface area contributed by atoms with Crippen LogP contribution in [0.5, 0.6) is 0 Å². The Hall–Kier alpha value is -3.54. The summed E-state index contributed by atoms with van der Waals surface area (Å²) in [7, 11) is 0. The van der Waals surface area contributed by atoms with E-state index < -0.39 is 29.5 Å². The van der Waals surface area contributed by atoms with Crippen LogP contribution in [0.3, 0.4) is 0 Å². The molecule has 0 aliphatic carbocycles. The normalized spacial score (nSPS) is 11.5. The topological polar surface area (TPSA) is 58.2 Å². The molecule has 1 atom stereocenters. The molecule has 0 heterocycles. The van der Waals surface area contributed by atoms with E-state index >= 15 is 0 Å². The number of nitrogens with one attached hydrogen (secondary N) is 2. The van der Waals surface area contributed by atoms with E-state index in [0.717, 1.165) is 0 Å². The summed E-state index contributed by atoms with van der Waals surface area (Å²) in [4.78, 5) is 24.5. The van der Waals surface area contributed by atoms with Crippen molar-refractivity contribution in [2.45, 2.75) is 6.04 Å². The highest BCUT2D eigenvalue weighted by Gasteiger charge is 2.20. The fourth-order valence-corrected chi connectivity index (χ4v) is 2.77. The molecule has 0 spiro atoms. The first-order valence-electron chi connectivity index (χ1n) is 8.67. The summed E-state index contributed by atoms with van der Waals surface area (Å²) < 4.78 is 27.2. The minimum atomic E-state index is -0.697. The Kier molecular flexibility index (Phi) is 6.11. The second kappa shape index (κ2) is 8.90. The number of rotatable bonds is 6. The van der Waals surface area contributed by atoms with Crippen LogP contribution in [0.15, 0.2) is 78.9 Å². The van der Waals surface area contributed by atoms with E-state index in [4.69, 9.17) is 0 Å². The van der Waals surface area contributed by atoms with Crippen molar-refractivity contribution in [3.63, 3.8) is 0 Å². The minimum Gasteiger partial charge on any atom is -0.344 e. The van der Waals surface area contributed by atoms with E-state index in [1.165, 1.54) is 30.3 Å². The van der Waals surface area contributed by atoms with E-state index in [-0.39, 0.29) is 12.1 Å². The van der Waals surface area contributed by atoms with Crippen LogP contribution in [-0.2, 0) is 4.79 Å². The maximum atomic E-state index is 14.3. The third-order valence-electron chi connectivity index (χ3n) is 4.17. The SMILES string of the molecule is O=C(CNC(=O)c1ccc(F)cc1)NC(c1ccccc1)c1ccccc1F. The van der Waals surface area contributed by atoms with Gasteiger partial charge in [-0.15, -0.1) is 0 Å². The van der Waals surface area contributed by atoms with Crippen molar-refractivity contribution in [3.05, 3.63) is 107 Å². The molecule has 0 saturated carbocycles. The number of amides is 2. The van der Waals surface area contributed by atoms with Crippen molar-refractivity contribution in [1.29, 1.82) is 0 Å². The molecule has 3 aromatic rings. The molecule has 2 N–H and O–H groups in total. The van der Waals surface area contributed by atoms with Gasteiger partial charge in [-0.3, -0.25) is 9.59 Å². The molecule has 0 radical (unpaired) electrons. The Morgan fingerprint density at radius 3 is 2.14 bits per heavy atom. The monoisotopic (exact) mass is 380 g/mol. The van der Waals surface area contributed by atoms with Gasteiger partial charge in [-0.1, -0.05) is 48.5 Å². The van der Waals surface area contributed by atoms with Crippen LogP contribution in [0.4, 0.5) is 8.78 Å². The van der Waals surface area contributed by atoms with Crippen LogP contribution in [0.2, 0.25) is 0 Å². The first-order valence-corrected chi connectivity index (χ1v) is 8.67. The van der Waals surface area contributed by atoms with Crippen LogP contribution in [0, 0.1) is 11.6 Å². The Morgan fingerprint density at radius 1 is 0.821 bits per heavy atom. The Balaban J connectivity index is 1.70. The smallest absolute Gasteiger partial charge is 0.251 e. The van der Waals surface area contributed by atoms with Crippen LogP contribution in [0.25, 0.3) is 0 Å². The summed E-state index contributed by atoms with van der Waals surface area (Å²) in [5, 5.41) is 5.23. The first kappa shape index (κ1) is 19.2. The van der Waals surface area contributed by atoms with Gasteiger partial charge in [-0.05, 0) is 35.9 Å². The molecule has 4 nitrogen and oxygen atoms in total. The number of halogens is 2. The second-order valence-electron chi connectivity index (χ2n) is 6.12. The molecule has 28 heavy (non-hydrogen) atoms. The maximum absolute atomic E-state index is 14.3. The van der Waals surface area contributed by atoms with Gasteiger partial charge in [0.05, 0.1) is 12.6 Å². The zero-order chi connectivity index (χ0) is 19.9. The molecular weight excluding hydrogens is 362 g/mol. The van der Waals surface area contributed by atoms with E-state index in [1.807, 2.05) is 6.07 Å². The van der Waals surface area contributed by atoms with Crippen molar-refractivity contribution in [2.75, 3.05) is 6.54 Å². The van der Waals surface area contributed by atoms with Crippen molar-refractivity contribution in [3.8, 4) is 0 Å². The molecule has 3 aromatic carbocycles. The number of carbonyl (C=O) groups is 2. The van der Waals surface area contributed by atoms with Crippen LogP contribution < -0.4 is 10.6 Å². The van der Waals surface area contributed by atoms with Crippen molar-refractivity contribution in [2.24, 2.45) is 0 Å². The van der Waals surface area contributed by atoms with E-state index in [1.54, 1.807) is 42.5 Å². The molecule has 3 rings (SSSR count). The predicted molar refractivity (Wildman–Crippen MR) is 102 cm³/mol. The number of carbonyl (C=O) groups excluding carboxylic acids is 2. The summed E-state index contributed by atoms with van der Waals surface area (Å²) in [6.07, 6.45) is 0. The molecule has 1 unspecified atom stereocenters. The standard InChI is InChI=1S/C22H18F2N2O2/c23-17-12-10-16(11-13-17)22(28)25-14-20(27)26-21(15-6-2-1-3-7-15)18-8-4-5-9-19(18)24/h1-13,21H,14H2,(H,25,28)(H,26,27). The average Bonchev–Trinajstić information content (AvgIpc) is 2.72. The summed E-state index contributed by atoms with van der Waals surface area (Å²) in [6.45, 7) is -0.298. The Labute approximate surface area is 161 Å². The molecule has 0 bridgehead atoms. The Morgan fingerprint density at radius 2 is 1.46 bits per heavy atom. The number of hydrogen-bond donors (Lipinski definition) is 2. The van der Waals surface area contributed by atoms with Crippen LogP contribution in [-0.4, -0.2) is 18.4 Å². The van der Waals surface area contributed by atoms with Crippen LogP contribution in [0.1, 0.15) is 27.5 Å². The van der Waals surface area contributed by atoms with Crippen molar-refractivity contribution < 1.29 is 18.4 Å². The summed E-state index contributed by atoms with van der Waals surface area (Å²) >= 11 is 0. The molecule has 142 valence electrons. The van der Waals surface area contributed by atoms with E-state index in [0.29, 0.717) is 11.1 Å². The average molecular weight is 380 g/mol. The third-order valence-corrected chi connectivity index (χ3v) is 4.17. The lowest BCUT2D eigenvalue weighted by Crippen LogP contribution is -2.39. The molecule has 0 fully saturated rings. The fourth-order valence-electron chi connectivity index (χ4n) is 2.77. The maximum Gasteiger partial charge on any atom is 0.251 e.